The summed E-state index contributed by atoms with van der Waals surface area (Å²) in [6.45, 7) is 16.0. The maximum Gasteiger partial charge on any atom is -0.0389 e. The van der Waals surface area contributed by atoms with Gasteiger partial charge in [-0.05, 0) is 17.8 Å². The van der Waals surface area contributed by atoms with Crippen LogP contribution in [0.15, 0.2) is 0 Å². The third-order valence-electron chi connectivity index (χ3n) is 3.47. The Hall–Kier alpha value is 0. The minimum Gasteiger partial charge on any atom is -0.0656 e. The zero-order valence-corrected chi connectivity index (χ0v) is 12.3. The molecule has 0 radical (unpaired) electrons. The molecule has 0 heterocycles. The Morgan fingerprint density at radius 2 is 1.27 bits per heavy atom. The van der Waals surface area contributed by atoms with Crippen molar-refractivity contribution >= 4 is 0 Å². The fraction of sp³-hybridized carbons (Fsp3) is 1.00. The van der Waals surface area contributed by atoms with Gasteiger partial charge >= 0.3 is 0 Å². The minimum atomic E-state index is 0.904. The van der Waals surface area contributed by atoms with Gasteiger partial charge in [0.2, 0.25) is 0 Å². The van der Waals surface area contributed by atoms with Gasteiger partial charge < -0.3 is 0 Å². The molecule has 0 amide bonds. The fourth-order valence-electron chi connectivity index (χ4n) is 2.05. The van der Waals surface area contributed by atoms with Gasteiger partial charge in [0.25, 0.3) is 0 Å². The van der Waals surface area contributed by atoms with E-state index in [1.807, 2.05) is 0 Å². The van der Waals surface area contributed by atoms with Gasteiger partial charge in [-0.2, -0.15) is 0 Å². The number of hydrogen-bond acceptors (Lipinski definition) is 0. The first-order chi connectivity index (χ1) is 7.08. The molecule has 0 aliphatic rings. The molecule has 0 nitrogen and oxygen atoms in total. The summed E-state index contributed by atoms with van der Waals surface area (Å²) >= 11 is 0. The van der Waals surface area contributed by atoms with Crippen LogP contribution >= 0.6 is 0 Å². The van der Waals surface area contributed by atoms with Crippen LogP contribution in [0.25, 0.3) is 0 Å². The second kappa shape index (κ2) is 12.1. The molecule has 0 heteroatoms. The summed E-state index contributed by atoms with van der Waals surface area (Å²) < 4.78 is 0. The van der Waals surface area contributed by atoms with Crippen LogP contribution in [0, 0.1) is 17.8 Å². The topological polar surface area (TPSA) is 0 Å². The molecule has 0 saturated heterocycles. The standard InChI is InChI=1S/C12H26.C3H8/c1-6-9-12(8-3)11(5)10(4)7-2;1-3-2/h10-12H,6-9H2,1-5H3;3H2,1-2H3. The zero-order valence-electron chi connectivity index (χ0n) is 12.3. The lowest BCUT2D eigenvalue weighted by atomic mass is 9.79. The van der Waals surface area contributed by atoms with Crippen LogP contribution in [-0.2, 0) is 0 Å². The summed E-state index contributed by atoms with van der Waals surface area (Å²) in [5.74, 6) is 2.78. The number of hydrogen-bond donors (Lipinski definition) is 0. The normalized spacial score (nSPS) is 16.2. The van der Waals surface area contributed by atoms with E-state index in [4.69, 9.17) is 0 Å². The smallest absolute Gasteiger partial charge is 0.0389 e. The van der Waals surface area contributed by atoms with Crippen molar-refractivity contribution in [2.75, 3.05) is 0 Å². The molecule has 0 spiro atoms. The van der Waals surface area contributed by atoms with Crippen LogP contribution in [0.4, 0.5) is 0 Å². The Labute approximate surface area is 98.9 Å². The average molecular weight is 214 g/mol. The lowest BCUT2D eigenvalue weighted by molar-refractivity contribution is 0.235. The highest BCUT2D eigenvalue weighted by Crippen LogP contribution is 2.28. The summed E-state index contributed by atoms with van der Waals surface area (Å²) in [5.41, 5.74) is 0. The zero-order chi connectivity index (χ0) is 12.3. The Balaban J connectivity index is 0. The monoisotopic (exact) mass is 214 g/mol. The first-order valence-electron chi connectivity index (χ1n) is 7.08. The van der Waals surface area contributed by atoms with Crippen molar-refractivity contribution in [2.45, 2.75) is 80.6 Å². The SMILES string of the molecule is CCC.CCCC(CC)C(C)C(C)CC. The molecule has 0 rings (SSSR count). The van der Waals surface area contributed by atoms with Gasteiger partial charge in [0.05, 0.1) is 0 Å². The van der Waals surface area contributed by atoms with Crippen LogP contribution < -0.4 is 0 Å². The molecule has 15 heavy (non-hydrogen) atoms. The summed E-state index contributed by atoms with van der Waals surface area (Å²) in [6, 6.07) is 0. The highest BCUT2D eigenvalue weighted by molar-refractivity contribution is 4.69. The van der Waals surface area contributed by atoms with Gasteiger partial charge in [-0.25, -0.2) is 0 Å². The summed E-state index contributed by atoms with van der Waals surface area (Å²) in [5, 5.41) is 0. The van der Waals surface area contributed by atoms with Crippen LogP contribution in [-0.4, -0.2) is 0 Å². The van der Waals surface area contributed by atoms with Gasteiger partial charge in [-0.1, -0.05) is 80.6 Å². The molecule has 0 bridgehead atoms. The van der Waals surface area contributed by atoms with Crippen molar-refractivity contribution in [3.05, 3.63) is 0 Å². The Morgan fingerprint density at radius 3 is 1.53 bits per heavy atom. The molecule has 0 saturated carbocycles. The molecular formula is C15H34. The maximum absolute atomic E-state index is 2.43. The van der Waals surface area contributed by atoms with Crippen LogP contribution in [0.2, 0.25) is 0 Å². The van der Waals surface area contributed by atoms with Crippen molar-refractivity contribution < 1.29 is 0 Å². The van der Waals surface area contributed by atoms with E-state index in [2.05, 4.69) is 48.5 Å². The number of rotatable bonds is 6. The van der Waals surface area contributed by atoms with Gasteiger partial charge in [0.15, 0.2) is 0 Å². The molecule has 0 aromatic rings. The third kappa shape index (κ3) is 8.96. The van der Waals surface area contributed by atoms with Crippen molar-refractivity contribution in [3.8, 4) is 0 Å². The second-order valence-electron chi connectivity index (χ2n) is 4.91. The van der Waals surface area contributed by atoms with E-state index in [1.54, 1.807) is 0 Å². The van der Waals surface area contributed by atoms with E-state index in [0.717, 1.165) is 17.8 Å². The van der Waals surface area contributed by atoms with Gasteiger partial charge in [-0.15, -0.1) is 0 Å². The van der Waals surface area contributed by atoms with E-state index < -0.39 is 0 Å². The fourth-order valence-corrected chi connectivity index (χ4v) is 2.05. The van der Waals surface area contributed by atoms with E-state index in [9.17, 15) is 0 Å². The predicted octanol–water partition coefficient (Wildman–Crippen LogP) is 5.91. The highest BCUT2D eigenvalue weighted by atomic mass is 14.2. The average Bonchev–Trinajstić information content (AvgIpc) is 2.25. The molecule has 0 aromatic carbocycles. The molecule has 0 aliphatic carbocycles. The van der Waals surface area contributed by atoms with Crippen molar-refractivity contribution in [2.24, 2.45) is 17.8 Å². The van der Waals surface area contributed by atoms with Crippen LogP contribution in [0.1, 0.15) is 80.6 Å². The molecule has 0 aliphatic heterocycles. The van der Waals surface area contributed by atoms with E-state index >= 15 is 0 Å². The quantitative estimate of drug-likeness (QED) is 0.515. The lowest BCUT2D eigenvalue weighted by Crippen LogP contribution is -2.17. The lowest BCUT2D eigenvalue weighted by Gasteiger charge is -2.27. The largest absolute Gasteiger partial charge is 0.0656 e. The Bertz CT molecular complexity index is 107. The van der Waals surface area contributed by atoms with Crippen molar-refractivity contribution in [1.29, 1.82) is 0 Å². The summed E-state index contributed by atoms with van der Waals surface area (Å²) in [6.07, 6.45) is 6.71. The van der Waals surface area contributed by atoms with Crippen molar-refractivity contribution in [1.82, 2.24) is 0 Å². The van der Waals surface area contributed by atoms with E-state index in [0.29, 0.717) is 0 Å². The highest BCUT2D eigenvalue weighted by Gasteiger charge is 2.18. The molecule has 0 N–H and O–H groups in total. The maximum atomic E-state index is 2.43. The van der Waals surface area contributed by atoms with Crippen LogP contribution in [0.3, 0.4) is 0 Å². The third-order valence-corrected chi connectivity index (χ3v) is 3.47. The first kappa shape index (κ1) is 17.4. The first-order valence-corrected chi connectivity index (χ1v) is 7.08. The van der Waals surface area contributed by atoms with E-state index in [1.165, 1.54) is 32.1 Å². The molecule has 3 unspecified atom stereocenters. The van der Waals surface area contributed by atoms with E-state index in [-0.39, 0.29) is 0 Å². The van der Waals surface area contributed by atoms with Crippen molar-refractivity contribution in [3.63, 3.8) is 0 Å². The van der Waals surface area contributed by atoms with Gasteiger partial charge in [0.1, 0.15) is 0 Å². The van der Waals surface area contributed by atoms with Gasteiger partial charge in [0, 0.05) is 0 Å². The molecule has 0 fully saturated rings. The molecular weight excluding hydrogens is 180 g/mol. The summed E-state index contributed by atoms with van der Waals surface area (Å²) in [4.78, 5) is 0. The minimum absolute atomic E-state index is 0.904. The Kier molecular flexibility index (Phi) is 14.0. The van der Waals surface area contributed by atoms with Gasteiger partial charge in [-0.3, -0.25) is 0 Å². The second-order valence-corrected chi connectivity index (χ2v) is 4.91. The van der Waals surface area contributed by atoms with Crippen LogP contribution in [0.5, 0.6) is 0 Å². The Morgan fingerprint density at radius 1 is 0.800 bits per heavy atom. The molecule has 94 valence electrons. The molecule has 3 atom stereocenters. The predicted molar refractivity (Wildman–Crippen MR) is 73.3 cm³/mol. The molecule has 0 aromatic heterocycles. The summed E-state index contributed by atoms with van der Waals surface area (Å²) in [7, 11) is 0.